The first-order valence-corrected chi connectivity index (χ1v) is 8.67. The third-order valence-corrected chi connectivity index (χ3v) is 4.02. The van der Waals surface area contributed by atoms with Crippen LogP contribution in [0.5, 0.6) is 0 Å². The maximum absolute atomic E-state index is 6.03. The smallest absolute Gasteiger partial charge is 0.0661 e. The van der Waals surface area contributed by atoms with Gasteiger partial charge in [0.15, 0.2) is 0 Å². The molecule has 0 bridgehead atoms. The SMILES string of the molecule is CCCCC(CC)COCC(NCCC)c1ccccc1. The summed E-state index contributed by atoms with van der Waals surface area (Å²) in [5, 5.41) is 3.60. The highest BCUT2D eigenvalue weighted by Gasteiger charge is 2.12. The zero-order chi connectivity index (χ0) is 15.3. The number of unbranched alkanes of at least 4 members (excludes halogenated alkanes) is 1. The van der Waals surface area contributed by atoms with Crippen LogP contribution in [0.3, 0.4) is 0 Å². The third-order valence-electron chi connectivity index (χ3n) is 4.02. The van der Waals surface area contributed by atoms with E-state index >= 15 is 0 Å². The molecule has 0 aromatic heterocycles. The van der Waals surface area contributed by atoms with Crippen LogP contribution in [0.2, 0.25) is 0 Å². The van der Waals surface area contributed by atoms with Crippen molar-refractivity contribution in [2.24, 2.45) is 5.92 Å². The molecule has 0 radical (unpaired) electrons. The zero-order valence-corrected chi connectivity index (χ0v) is 14.1. The zero-order valence-electron chi connectivity index (χ0n) is 14.1. The lowest BCUT2D eigenvalue weighted by Crippen LogP contribution is -2.27. The third kappa shape index (κ3) is 7.63. The molecule has 0 aliphatic rings. The second-order valence-corrected chi connectivity index (χ2v) is 5.87. The minimum Gasteiger partial charge on any atom is -0.379 e. The fraction of sp³-hybridized carbons (Fsp3) is 0.684. The van der Waals surface area contributed by atoms with Gasteiger partial charge >= 0.3 is 0 Å². The highest BCUT2D eigenvalue weighted by Crippen LogP contribution is 2.16. The summed E-state index contributed by atoms with van der Waals surface area (Å²) in [5.74, 6) is 0.715. The predicted octanol–water partition coefficient (Wildman–Crippen LogP) is 4.96. The van der Waals surface area contributed by atoms with Crippen molar-refractivity contribution in [1.82, 2.24) is 5.32 Å². The summed E-state index contributed by atoms with van der Waals surface area (Å²) >= 11 is 0. The first kappa shape index (κ1) is 18.2. The molecule has 0 aliphatic carbocycles. The Balaban J connectivity index is 2.42. The van der Waals surface area contributed by atoms with Gasteiger partial charge in [-0.25, -0.2) is 0 Å². The lowest BCUT2D eigenvalue weighted by molar-refractivity contribution is 0.0766. The van der Waals surface area contributed by atoms with Crippen molar-refractivity contribution >= 4 is 0 Å². The van der Waals surface area contributed by atoms with Gasteiger partial charge in [0, 0.05) is 6.61 Å². The second-order valence-electron chi connectivity index (χ2n) is 5.87. The molecule has 21 heavy (non-hydrogen) atoms. The van der Waals surface area contributed by atoms with E-state index in [2.05, 4.69) is 56.4 Å². The van der Waals surface area contributed by atoms with Gasteiger partial charge in [-0.2, -0.15) is 0 Å². The van der Waals surface area contributed by atoms with Crippen LogP contribution in [0.4, 0.5) is 0 Å². The average Bonchev–Trinajstić information content (AvgIpc) is 2.54. The van der Waals surface area contributed by atoms with E-state index in [0.717, 1.165) is 26.2 Å². The van der Waals surface area contributed by atoms with Crippen molar-refractivity contribution in [1.29, 1.82) is 0 Å². The van der Waals surface area contributed by atoms with Gasteiger partial charge < -0.3 is 10.1 Å². The maximum atomic E-state index is 6.03. The molecule has 0 saturated carbocycles. The van der Waals surface area contributed by atoms with Gasteiger partial charge in [0.25, 0.3) is 0 Å². The van der Waals surface area contributed by atoms with Gasteiger partial charge in [-0.05, 0) is 30.9 Å². The Bertz CT molecular complexity index is 339. The fourth-order valence-electron chi connectivity index (χ4n) is 2.53. The van der Waals surface area contributed by atoms with Crippen LogP contribution in [0.25, 0.3) is 0 Å². The van der Waals surface area contributed by atoms with E-state index in [0.29, 0.717) is 12.0 Å². The van der Waals surface area contributed by atoms with E-state index in [4.69, 9.17) is 4.74 Å². The van der Waals surface area contributed by atoms with Gasteiger partial charge in [-0.3, -0.25) is 0 Å². The minimum absolute atomic E-state index is 0.315. The number of hydrogen-bond donors (Lipinski definition) is 1. The summed E-state index contributed by atoms with van der Waals surface area (Å²) in [6.45, 7) is 9.44. The van der Waals surface area contributed by atoms with Gasteiger partial charge in [-0.1, -0.05) is 70.4 Å². The molecule has 1 rings (SSSR count). The second kappa shape index (κ2) is 11.8. The van der Waals surface area contributed by atoms with Crippen molar-refractivity contribution in [2.45, 2.75) is 58.9 Å². The van der Waals surface area contributed by atoms with Gasteiger partial charge in [0.1, 0.15) is 0 Å². The first-order valence-electron chi connectivity index (χ1n) is 8.67. The largest absolute Gasteiger partial charge is 0.379 e. The molecule has 2 heteroatoms. The van der Waals surface area contributed by atoms with Crippen LogP contribution in [-0.2, 0) is 4.74 Å². The van der Waals surface area contributed by atoms with E-state index in [1.807, 2.05) is 0 Å². The van der Waals surface area contributed by atoms with Crippen molar-refractivity contribution in [2.75, 3.05) is 19.8 Å². The monoisotopic (exact) mass is 291 g/mol. The van der Waals surface area contributed by atoms with E-state index in [1.165, 1.54) is 31.2 Å². The first-order chi connectivity index (χ1) is 10.3. The molecule has 2 nitrogen and oxygen atoms in total. The molecule has 0 saturated heterocycles. The molecule has 0 aliphatic heterocycles. The highest BCUT2D eigenvalue weighted by atomic mass is 16.5. The quantitative estimate of drug-likeness (QED) is 0.587. The topological polar surface area (TPSA) is 21.3 Å². The molecule has 1 aromatic rings. The number of ether oxygens (including phenoxy) is 1. The van der Waals surface area contributed by atoms with E-state index in [1.54, 1.807) is 0 Å². The van der Waals surface area contributed by atoms with Gasteiger partial charge in [-0.15, -0.1) is 0 Å². The summed E-state index contributed by atoms with van der Waals surface area (Å²) in [6, 6.07) is 11.0. The van der Waals surface area contributed by atoms with Crippen molar-refractivity contribution in [3.63, 3.8) is 0 Å². The van der Waals surface area contributed by atoms with Crippen LogP contribution < -0.4 is 5.32 Å². The molecule has 1 N–H and O–H groups in total. The lowest BCUT2D eigenvalue weighted by atomic mass is 10.0. The Kier molecular flexibility index (Phi) is 10.2. The Morgan fingerprint density at radius 2 is 1.76 bits per heavy atom. The van der Waals surface area contributed by atoms with Crippen molar-refractivity contribution in [3.05, 3.63) is 35.9 Å². The molecule has 0 spiro atoms. The van der Waals surface area contributed by atoms with Crippen molar-refractivity contribution in [3.8, 4) is 0 Å². The molecular formula is C19H33NO. The standard InChI is InChI=1S/C19H33NO/c1-4-7-11-17(6-3)15-21-16-19(20-14-5-2)18-12-9-8-10-13-18/h8-10,12-13,17,19-20H,4-7,11,14-16H2,1-3H3. The Hall–Kier alpha value is -0.860. The number of nitrogens with one attached hydrogen (secondary N) is 1. The van der Waals surface area contributed by atoms with Crippen molar-refractivity contribution < 1.29 is 4.74 Å². The summed E-state index contributed by atoms with van der Waals surface area (Å²) in [6.07, 6.45) is 6.26. The molecular weight excluding hydrogens is 258 g/mol. The van der Waals surface area contributed by atoms with Crippen LogP contribution in [0, 0.1) is 5.92 Å². The molecule has 1 aromatic carbocycles. The number of rotatable bonds is 12. The summed E-state index contributed by atoms with van der Waals surface area (Å²) in [4.78, 5) is 0. The molecule has 2 unspecified atom stereocenters. The number of benzene rings is 1. The average molecular weight is 291 g/mol. The molecule has 0 heterocycles. The van der Waals surface area contributed by atoms with Crippen LogP contribution >= 0.6 is 0 Å². The lowest BCUT2D eigenvalue weighted by Gasteiger charge is -2.21. The Morgan fingerprint density at radius 3 is 2.38 bits per heavy atom. The van der Waals surface area contributed by atoms with Gasteiger partial charge in [0.05, 0.1) is 12.6 Å². The highest BCUT2D eigenvalue weighted by molar-refractivity contribution is 5.18. The van der Waals surface area contributed by atoms with E-state index < -0.39 is 0 Å². The maximum Gasteiger partial charge on any atom is 0.0661 e. The molecule has 0 fully saturated rings. The summed E-state index contributed by atoms with van der Waals surface area (Å²) in [7, 11) is 0. The fourth-order valence-corrected chi connectivity index (χ4v) is 2.53. The summed E-state index contributed by atoms with van der Waals surface area (Å²) in [5.41, 5.74) is 1.33. The van der Waals surface area contributed by atoms with Crippen LogP contribution in [0.15, 0.2) is 30.3 Å². The van der Waals surface area contributed by atoms with Crippen LogP contribution in [-0.4, -0.2) is 19.8 Å². The predicted molar refractivity (Wildman–Crippen MR) is 91.6 cm³/mol. The Labute approximate surface area is 131 Å². The van der Waals surface area contributed by atoms with Crippen LogP contribution in [0.1, 0.15) is 64.5 Å². The summed E-state index contributed by atoms with van der Waals surface area (Å²) < 4.78 is 6.03. The normalized spacial score (nSPS) is 14.0. The number of hydrogen-bond acceptors (Lipinski definition) is 2. The molecule has 0 amide bonds. The minimum atomic E-state index is 0.315. The van der Waals surface area contributed by atoms with E-state index in [-0.39, 0.29) is 0 Å². The Morgan fingerprint density at radius 1 is 1.00 bits per heavy atom. The molecule has 2 atom stereocenters. The van der Waals surface area contributed by atoms with E-state index in [9.17, 15) is 0 Å². The molecule has 120 valence electrons. The van der Waals surface area contributed by atoms with Gasteiger partial charge in [0.2, 0.25) is 0 Å².